The maximum Gasteiger partial charge on any atom is 0.220 e. The van der Waals surface area contributed by atoms with Gasteiger partial charge >= 0.3 is 0 Å². The van der Waals surface area contributed by atoms with Crippen molar-refractivity contribution in [2.45, 2.75) is 78.1 Å². The summed E-state index contributed by atoms with van der Waals surface area (Å²) in [4.78, 5) is 11.2. The zero-order chi connectivity index (χ0) is 12.2. The molecule has 0 saturated carbocycles. The van der Waals surface area contributed by atoms with Gasteiger partial charge in [0, 0.05) is 5.92 Å². The molecule has 1 unspecified atom stereocenters. The highest BCUT2D eigenvalue weighted by Crippen LogP contribution is 2.17. The van der Waals surface area contributed by atoms with E-state index in [2.05, 4.69) is 13.8 Å². The van der Waals surface area contributed by atoms with E-state index in [1.165, 1.54) is 38.5 Å². The molecule has 16 heavy (non-hydrogen) atoms. The lowest BCUT2D eigenvalue weighted by molar-refractivity contribution is -0.122. The highest BCUT2D eigenvalue weighted by atomic mass is 16.1. The van der Waals surface area contributed by atoms with E-state index in [0.717, 1.165) is 25.7 Å². The van der Waals surface area contributed by atoms with Crippen molar-refractivity contribution < 1.29 is 4.79 Å². The van der Waals surface area contributed by atoms with Crippen LogP contribution in [0.15, 0.2) is 0 Å². The van der Waals surface area contributed by atoms with Crippen LogP contribution in [0.25, 0.3) is 0 Å². The molecule has 2 heteroatoms. The first-order valence-corrected chi connectivity index (χ1v) is 7.01. The van der Waals surface area contributed by atoms with Crippen LogP contribution >= 0.6 is 0 Å². The van der Waals surface area contributed by atoms with Crippen molar-refractivity contribution in [3.05, 3.63) is 0 Å². The fraction of sp³-hybridized carbons (Fsp3) is 0.929. The molecule has 0 rings (SSSR count). The Labute approximate surface area is 101 Å². The van der Waals surface area contributed by atoms with E-state index in [1.807, 2.05) is 0 Å². The molecule has 2 N–H and O–H groups in total. The van der Waals surface area contributed by atoms with Crippen molar-refractivity contribution in [2.24, 2.45) is 11.7 Å². The summed E-state index contributed by atoms with van der Waals surface area (Å²) in [6.45, 7) is 4.39. The van der Waals surface area contributed by atoms with Gasteiger partial charge < -0.3 is 5.73 Å². The Balaban J connectivity index is 3.48. The van der Waals surface area contributed by atoms with Crippen molar-refractivity contribution in [1.29, 1.82) is 0 Å². The van der Waals surface area contributed by atoms with Crippen LogP contribution in [0.2, 0.25) is 0 Å². The van der Waals surface area contributed by atoms with Gasteiger partial charge in [0.25, 0.3) is 0 Å². The molecular formula is C14H29NO. The number of hydrogen-bond donors (Lipinski definition) is 1. The first-order chi connectivity index (χ1) is 7.72. The van der Waals surface area contributed by atoms with E-state index >= 15 is 0 Å². The second-order valence-electron chi connectivity index (χ2n) is 4.80. The number of nitrogens with two attached hydrogens (primary N) is 1. The van der Waals surface area contributed by atoms with E-state index in [-0.39, 0.29) is 11.8 Å². The van der Waals surface area contributed by atoms with Gasteiger partial charge in [-0.1, -0.05) is 65.2 Å². The van der Waals surface area contributed by atoms with E-state index in [9.17, 15) is 4.79 Å². The molecule has 0 spiro atoms. The topological polar surface area (TPSA) is 43.1 Å². The minimum atomic E-state index is -0.0954. The number of carbonyl (C=O) groups excluding carboxylic acids is 1. The minimum Gasteiger partial charge on any atom is -0.369 e. The fourth-order valence-electron chi connectivity index (χ4n) is 2.05. The summed E-state index contributed by atoms with van der Waals surface area (Å²) in [5.41, 5.74) is 5.40. The molecule has 96 valence electrons. The summed E-state index contributed by atoms with van der Waals surface area (Å²) in [5, 5.41) is 0. The molecule has 0 aromatic carbocycles. The van der Waals surface area contributed by atoms with Crippen LogP contribution in [0, 0.1) is 5.92 Å². The first kappa shape index (κ1) is 15.5. The average Bonchev–Trinajstić information content (AvgIpc) is 2.26. The molecule has 1 amide bonds. The molecule has 0 fully saturated rings. The van der Waals surface area contributed by atoms with Crippen LogP contribution < -0.4 is 5.73 Å². The summed E-state index contributed by atoms with van der Waals surface area (Å²) in [7, 11) is 0. The Bertz CT molecular complexity index is 168. The van der Waals surface area contributed by atoms with Gasteiger partial charge in [0.1, 0.15) is 0 Å². The summed E-state index contributed by atoms with van der Waals surface area (Å²) >= 11 is 0. The molecule has 0 aliphatic rings. The molecule has 0 radical (unpaired) electrons. The van der Waals surface area contributed by atoms with E-state index < -0.39 is 0 Å². The lowest BCUT2D eigenvalue weighted by Crippen LogP contribution is -2.23. The standard InChI is InChI=1S/C14H29NO/c1-3-5-7-8-9-10-12-13(14(15)16)11-6-4-2/h13H,3-12H2,1-2H3,(H2,15,16). The van der Waals surface area contributed by atoms with Crippen molar-refractivity contribution in [3.8, 4) is 0 Å². The van der Waals surface area contributed by atoms with E-state index in [4.69, 9.17) is 5.73 Å². The Morgan fingerprint density at radius 3 is 1.94 bits per heavy atom. The SMILES string of the molecule is CCCCCCCCC(CCCC)C(N)=O. The molecule has 2 nitrogen and oxygen atoms in total. The third-order valence-electron chi connectivity index (χ3n) is 3.21. The largest absolute Gasteiger partial charge is 0.369 e. The zero-order valence-corrected chi connectivity index (χ0v) is 11.1. The molecule has 0 bridgehead atoms. The number of primary amides is 1. The maximum absolute atomic E-state index is 11.2. The molecule has 0 heterocycles. The predicted molar refractivity (Wildman–Crippen MR) is 70.2 cm³/mol. The summed E-state index contributed by atoms with van der Waals surface area (Å²) < 4.78 is 0. The summed E-state index contributed by atoms with van der Waals surface area (Å²) in [5.74, 6) is 0.0353. The van der Waals surface area contributed by atoms with Gasteiger partial charge in [0.05, 0.1) is 0 Å². The second-order valence-corrected chi connectivity index (χ2v) is 4.80. The Kier molecular flexibility index (Phi) is 10.6. The molecule has 0 aliphatic heterocycles. The Morgan fingerprint density at radius 2 is 1.38 bits per heavy atom. The van der Waals surface area contributed by atoms with Gasteiger partial charge in [-0.25, -0.2) is 0 Å². The number of rotatable bonds is 11. The zero-order valence-electron chi connectivity index (χ0n) is 11.1. The first-order valence-electron chi connectivity index (χ1n) is 7.01. The van der Waals surface area contributed by atoms with Crippen molar-refractivity contribution >= 4 is 5.91 Å². The maximum atomic E-state index is 11.2. The lowest BCUT2D eigenvalue weighted by atomic mass is 9.94. The monoisotopic (exact) mass is 227 g/mol. The van der Waals surface area contributed by atoms with Crippen molar-refractivity contribution in [3.63, 3.8) is 0 Å². The normalized spacial score (nSPS) is 12.6. The average molecular weight is 227 g/mol. The van der Waals surface area contributed by atoms with Gasteiger partial charge in [-0.2, -0.15) is 0 Å². The molecule has 1 atom stereocenters. The van der Waals surface area contributed by atoms with Gasteiger partial charge in [-0.05, 0) is 12.8 Å². The fourth-order valence-corrected chi connectivity index (χ4v) is 2.05. The van der Waals surface area contributed by atoms with Gasteiger partial charge in [0.15, 0.2) is 0 Å². The van der Waals surface area contributed by atoms with Crippen LogP contribution in [0.3, 0.4) is 0 Å². The van der Waals surface area contributed by atoms with Gasteiger partial charge in [0.2, 0.25) is 5.91 Å². The third-order valence-corrected chi connectivity index (χ3v) is 3.21. The van der Waals surface area contributed by atoms with Crippen molar-refractivity contribution in [2.75, 3.05) is 0 Å². The molecule has 0 aromatic heterocycles. The number of unbranched alkanes of at least 4 members (excludes halogenated alkanes) is 6. The Morgan fingerprint density at radius 1 is 0.875 bits per heavy atom. The molecule has 0 aromatic rings. The second kappa shape index (κ2) is 11.0. The van der Waals surface area contributed by atoms with Crippen molar-refractivity contribution in [1.82, 2.24) is 0 Å². The van der Waals surface area contributed by atoms with Gasteiger partial charge in [-0.15, -0.1) is 0 Å². The highest BCUT2D eigenvalue weighted by Gasteiger charge is 2.13. The third kappa shape index (κ3) is 8.75. The summed E-state index contributed by atoms with van der Waals surface area (Å²) in [6, 6.07) is 0. The predicted octanol–water partition coefficient (Wildman–Crippen LogP) is 4.03. The summed E-state index contributed by atoms with van der Waals surface area (Å²) in [6.07, 6.45) is 12.0. The van der Waals surface area contributed by atoms with E-state index in [0.29, 0.717) is 0 Å². The quantitative estimate of drug-likeness (QED) is 0.532. The van der Waals surface area contributed by atoms with Crippen LogP contribution in [0.4, 0.5) is 0 Å². The highest BCUT2D eigenvalue weighted by molar-refractivity contribution is 5.76. The van der Waals surface area contributed by atoms with Gasteiger partial charge in [-0.3, -0.25) is 4.79 Å². The number of hydrogen-bond acceptors (Lipinski definition) is 1. The van der Waals surface area contributed by atoms with Crippen LogP contribution in [-0.2, 0) is 4.79 Å². The lowest BCUT2D eigenvalue weighted by Gasteiger charge is -2.12. The smallest absolute Gasteiger partial charge is 0.220 e. The van der Waals surface area contributed by atoms with E-state index in [1.54, 1.807) is 0 Å². The number of carbonyl (C=O) groups is 1. The molecule has 0 aliphatic carbocycles. The molecule has 0 saturated heterocycles. The molecular weight excluding hydrogens is 198 g/mol. The Hall–Kier alpha value is -0.530. The van der Waals surface area contributed by atoms with Crippen LogP contribution in [-0.4, -0.2) is 5.91 Å². The number of amides is 1. The van der Waals surface area contributed by atoms with Crippen LogP contribution in [0.5, 0.6) is 0 Å². The minimum absolute atomic E-state index is 0.0954. The van der Waals surface area contributed by atoms with Crippen LogP contribution in [0.1, 0.15) is 78.1 Å².